The third-order valence-electron chi connectivity index (χ3n) is 4.40. The summed E-state index contributed by atoms with van der Waals surface area (Å²) in [6.07, 6.45) is 13.2. The number of nitrogens with one attached hydrogen (secondary N) is 1. The Balaban J connectivity index is 1.95. The van der Waals surface area contributed by atoms with Gasteiger partial charge in [0.05, 0.1) is 0 Å². The molecule has 1 N–H and O–H groups in total. The molecule has 1 unspecified atom stereocenters. The molecule has 0 saturated heterocycles. The molecule has 0 heterocycles. The van der Waals surface area contributed by atoms with Crippen LogP contribution in [-0.4, -0.2) is 12.6 Å². The van der Waals surface area contributed by atoms with Crippen molar-refractivity contribution < 1.29 is 0 Å². The van der Waals surface area contributed by atoms with Crippen LogP contribution in [0.1, 0.15) is 64.7 Å². The monoisotopic (exact) mass is 195 g/mol. The van der Waals surface area contributed by atoms with Crippen molar-refractivity contribution in [3.63, 3.8) is 0 Å². The van der Waals surface area contributed by atoms with Gasteiger partial charge < -0.3 is 5.32 Å². The fourth-order valence-electron chi connectivity index (χ4n) is 3.62. The van der Waals surface area contributed by atoms with Gasteiger partial charge in [0, 0.05) is 6.04 Å². The average molecular weight is 195 g/mol. The molecule has 1 atom stereocenters. The third kappa shape index (κ3) is 1.98. The Bertz CT molecular complexity index is 170. The third-order valence-corrected chi connectivity index (χ3v) is 4.40. The first-order valence-electron chi connectivity index (χ1n) is 6.61. The van der Waals surface area contributed by atoms with Crippen molar-refractivity contribution in [3.05, 3.63) is 0 Å². The molecule has 82 valence electrons. The molecule has 2 aliphatic carbocycles. The molecular formula is C13H25N. The first kappa shape index (κ1) is 10.5. The molecular weight excluding hydrogens is 170 g/mol. The summed E-state index contributed by atoms with van der Waals surface area (Å²) in [5.41, 5.74) is 0.730. The van der Waals surface area contributed by atoms with Crippen LogP contribution in [-0.2, 0) is 0 Å². The van der Waals surface area contributed by atoms with Crippen LogP contribution in [0.4, 0.5) is 0 Å². The fourth-order valence-corrected chi connectivity index (χ4v) is 3.62. The van der Waals surface area contributed by atoms with E-state index < -0.39 is 0 Å². The Morgan fingerprint density at radius 2 is 1.71 bits per heavy atom. The maximum atomic E-state index is 3.80. The highest BCUT2D eigenvalue weighted by molar-refractivity contribution is 4.97. The molecule has 0 aromatic carbocycles. The lowest BCUT2D eigenvalue weighted by molar-refractivity contribution is 0.131. The summed E-state index contributed by atoms with van der Waals surface area (Å²) in [4.78, 5) is 0. The van der Waals surface area contributed by atoms with Crippen molar-refractivity contribution in [3.8, 4) is 0 Å². The van der Waals surface area contributed by atoms with Gasteiger partial charge >= 0.3 is 0 Å². The minimum absolute atomic E-state index is 0.730. The van der Waals surface area contributed by atoms with Gasteiger partial charge in [-0.3, -0.25) is 0 Å². The smallest absolute Gasteiger partial charge is 0.0123 e. The normalized spacial score (nSPS) is 31.1. The van der Waals surface area contributed by atoms with Crippen molar-refractivity contribution in [1.82, 2.24) is 5.32 Å². The molecule has 1 nitrogen and oxygen atoms in total. The molecule has 0 bridgehead atoms. The molecule has 14 heavy (non-hydrogen) atoms. The van der Waals surface area contributed by atoms with Crippen LogP contribution in [0, 0.1) is 5.41 Å². The van der Waals surface area contributed by atoms with Crippen molar-refractivity contribution >= 4 is 0 Å². The number of rotatable bonds is 3. The molecule has 0 amide bonds. The maximum Gasteiger partial charge on any atom is 0.0123 e. The van der Waals surface area contributed by atoms with Crippen LogP contribution < -0.4 is 5.32 Å². The van der Waals surface area contributed by atoms with E-state index in [-0.39, 0.29) is 0 Å². The Morgan fingerprint density at radius 3 is 2.36 bits per heavy atom. The summed E-state index contributed by atoms with van der Waals surface area (Å²) in [6.45, 7) is 3.50. The number of hydrogen-bond acceptors (Lipinski definition) is 1. The summed E-state index contributed by atoms with van der Waals surface area (Å²) in [5, 5.41) is 3.80. The highest BCUT2D eigenvalue weighted by atomic mass is 14.9. The molecule has 2 saturated carbocycles. The standard InChI is InChI=1S/C13H25N/c1-2-11-14-12-7-3-4-8-13(12)9-5-6-10-13/h12,14H,2-11H2,1H3. The van der Waals surface area contributed by atoms with E-state index in [1.165, 1.54) is 64.3 Å². The Labute approximate surface area is 88.7 Å². The predicted molar refractivity (Wildman–Crippen MR) is 61.5 cm³/mol. The first-order valence-corrected chi connectivity index (χ1v) is 6.61. The van der Waals surface area contributed by atoms with Gasteiger partial charge in [-0.05, 0) is 44.1 Å². The number of hydrogen-bond donors (Lipinski definition) is 1. The molecule has 2 rings (SSSR count). The van der Waals surface area contributed by atoms with E-state index in [0.717, 1.165) is 11.5 Å². The van der Waals surface area contributed by atoms with E-state index in [0.29, 0.717) is 0 Å². The summed E-state index contributed by atoms with van der Waals surface area (Å²) in [5.74, 6) is 0. The Hall–Kier alpha value is -0.0400. The van der Waals surface area contributed by atoms with Crippen LogP contribution in [0.2, 0.25) is 0 Å². The topological polar surface area (TPSA) is 12.0 Å². The molecule has 1 heteroatoms. The predicted octanol–water partition coefficient (Wildman–Crippen LogP) is 3.49. The lowest BCUT2D eigenvalue weighted by Crippen LogP contribution is -2.46. The molecule has 0 aromatic heterocycles. The second kappa shape index (κ2) is 4.65. The lowest BCUT2D eigenvalue weighted by Gasteiger charge is -2.42. The molecule has 0 radical (unpaired) electrons. The van der Waals surface area contributed by atoms with Gasteiger partial charge in [0.25, 0.3) is 0 Å². The van der Waals surface area contributed by atoms with Gasteiger partial charge in [0.1, 0.15) is 0 Å². The van der Waals surface area contributed by atoms with E-state index in [4.69, 9.17) is 0 Å². The van der Waals surface area contributed by atoms with Crippen molar-refractivity contribution in [1.29, 1.82) is 0 Å². The summed E-state index contributed by atoms with van der Waals surface area (Å²) >= 11 is 0. The SMILES string of the molecule is CCCNC1CCCCC12CCCC2. The molecule has 0 aromatic rings. The van der Waals surface area contributed by atoms with Crippen molar-refractivity contribution in [2.45, 2.75) is 70.8 Å². The maximum absolute atomic E-state index is 3.80. The Kier molecular flexibility index (Phi) is 3.48. The van der Waals surface area contributed by atoms with E-state index in [1.807, 2.05) is 0 Å². The average Bonchev–Trinajstić information content (AvgIpc) is 2.66. The van der Waals surface area contributed by atoms with Crippen LogP contribution in [0.5, 0.6) is 0 Å². The second-order valence-corrected chi connectivity index (χ2v) is 5.32. The van der Waals surface area contributed by atoms with Crippen LogP contribution >= 0.6 is 0 Å². The zero-order valence-electron chi connectivity index (χ0n) is 9.65. The quantitative estimate of drug-likeness (QED) is 0.727. The zero-order valence-corrected chi connectivity index (χ0v) is 9.65. The van der Waals surface area contributed by atoms with Gasteiger partial charge in [-0.15, -0.1) is 0 Å². The highest BCUT2D eigenvalue weighted by Crippen LogP contribution is 2.48. The van der Waals surface area contributed by atoms with E-state index >= 15 is 0 Å². The van der Waals surface area contributed by atoms with E-state index in [2.05, 4.69) is 12.2 Å². The van der Waals surface area contributed by atoms with Crippen LogP contribution in [0.3, 0.4) is 0 Å². The summed E-state index contributed by atoms with van der Waals surface area (Å²) in [6, 6.07) is 0.860. The summed E-state index contributed by atoms with van der Waals surface area (Å²) < 4.78 is 0. The minimum Gasteiger partial charge on any atom is -0.313 e. The van der Waals surface area contributed by atoms with Crippen LogP contribution in [0.25, 0.3) is 0 Å². The van der Waals surface area contributed by atoms with Crippen LogP contribution in [0.15, 0.2) is 0 Å². The lowest BCUT2D eigenvalue weighted by atomic mass is 9.69. The largest absolute Gasteiger partial charge is 0.313 e. The van der Waals surface area contributed by atoms with E-state index in [9.17, 15) is 0 Å². The molecule has 2 fully saturated rings. The van der Waals surface area contributed by atoms with Crippen molar-refractivity contribution in [2.75, 3.05) is 6.54 Å². The molecule has 1 spiro atoms. The molecule has 2 aliphatic rings. The molecule has 0 aliphatic heterocycles. The first-order chi connectivity index (χ1) is 6.87. The van der Waals surface area contributed by atoms with Gasteiger partial charge in [0.15, 0.2) is 0 Å². The van der Waals surface area contributed by atoms with Gasteiger partial charge in [-0.1, -0.05) is 32.6 Å². The van der Waals surface area contributed by atoms with Gasteiger partial charge in [-0.25, -0.2) is 0 Å². The van der Waals surface area contributed by atoms with Crippen molar-refractivity contribution in [2.24, 2.45) is 5.41 Å². The second-order valence-electron chi connectivity index (χ2n) is 5.32. The minimum atomic E-state index is 0.730. The summed E-state index contributed by atoms with van der Waals surface area (Å²) in [7, 11) is 0. The van der Waals surface area contributed by atoms with Gasteiger partial charge in [-0.2, -0.15) is 0 Å². The fraction of sp³-hybridized carbons (Fsp3) is 1.00. The zero-order chi connectivity index (χ0) is 9.86. The van der Waals surface area contributed by atoms with E-state index in [1.54, 1.807) is 0 Å². The Morgan fingerprint density at radius 1 is 1.07 bits per heavy atom. The van der Waals surface area contributed by atoms with Gasteiger partial charge in [0.2, 0.25) is 0 Å². The highest BCUT2D eigenvalue weighted by Gasteiger charge is 2.41.